The molecule has 0 spiro atoms. The average Bonchev–Trinajstić information content (AvgIpc) is 2.75. The van der Waals surface area contributed by atoms with E-state index in [9.17, 15) is 13.2 Å². The third-order valence-electron chi connectivity index (χ3n) is 4.58. The van der Waals surface area contributed by atoms with Gasteiger partial charge in [0.1, 0.15) is 11.5 Å². The molecule has 1 amide bonds. The molecule has 130 valence electrons. The van der Waals surface area contributed by atoms with Crippen LogP contribution in [0.25, 0.3) is 0 Å². The van der Waals surface area contributed by atoms with Gasteiger partial charge in [-0.25, -0.2) is 8.42 Å². The highest BCUT2D eigenvalue weighted by molar-refractivity contribution is 7.89. The molecule has 6 heteroatoms. The van der Waals surface area contributed by atoms with E-state index in [-0.39, 0.29) is 23.5 Å². The maximum Gasteiger partial charge on any atom is 0.287 e. The molecule has 1 fully saturated rings. The van der Waals surface area contributed by atoms with Crippen molar-refractivity contribution < 1.29 is 17.6 Å². The Balaban J connectivity index is 1.92. The molecule has 0 saturated heterocycles. The quantitative estimate of drug-likeness (QED) is 0.835. The van der Waals surface area contributed by atoms with Crippen molar-refractivity contribution in [2.75, 3.05) is 6.26 Å². The Labute approximate surface area is 138 Å². The van der Waals surface area contributed by atoms with Crippen molar-refractivity contribution in [1.29, 1.82) is 0 Å². The van der Waals surface area contributed by atoms with Gasteiger partial charge in [0, 0.05) is 12.3 Å². The molecular weight excluding hydrogens is 314 g/mol. The molecule has 1 heterocycles. The molecule has 1 aliphatic rings. The van der Waals surface area contributed by atoms with Gasteiger partial charge in [-0.2, -0.15) is 0 Å². The maximum absolute atomic E-state index is 12.3. The minimum absolute atomic E-state index is 0.176. The van der Waals surface area contributed by atoms with E-state index < -0.39 is 9.84 Å². The van der Waals surface area contributed by atoms with Gasteiger partial charge >= 0.3 is 0 Å². The van der Waals surface area contributed by atoms with E-state index in [1.165, 1.54) is 6.42 Å². The molecule has 0 aliphatic heterocycles. The zero-order chi connectivity index (χ0) is 17.0. The lowest BCUT2D eigenvalue weighted by Gasteiger charge is -2.18. The summed E-state index contributed by atoms with van der Waals surface area (Å²) < 4.78 is 27.9. The molecule has 2 atom stereocenters. The van der Waals surface area contributed by atoms with Crippen molar-refractivity contribution in [1.82, 2.24) is 5.32 Å². The third-order valence-corrected chi connectivity index (χ3v) is 5.39. The van der Waals surface area contributed by atoms with Crippen molar-refractivity contribution in [3.05, 3.63) is 23.7 Å². The summed E-state index contributed by atoms with van der Waals surface area (Å²) in [5.74, 6) is 1.49. The van der Waals surface area contributed by atoms with Gasteiger partial charge in [-0.3, -0.25) is 4.79 Å². The van der Waals surface area contributed by atoms with Crippen molar-refractivity contribution in [3.8, 4) is 0 Å². The second kappa shape index (κ2) is 7.51. The van der Waals surface area contributed by atoms with Crippen LogP contribution in [0, 0.1) is 11.8 Å². The summed E-state index contributed by atoms with van der Waals surface area (Å²) in [7, 11) is -3.16. The molecule has 1 aromatic rings. The monoisotopic (exact) mass is 341 g/mol. The summed E-state index contributed by atoms with van der Waals surface area (Å²) in [6.45, 7) is 4.52. The Morgan fingerprint density at radius 2 is 2.00 bits per heavy atom. The number of rotatable bonds is 5. The number of amides is 1. The zero-order valence-electron chi connectivity index (χ0n) is 14.2. The molecule has 5 nitrogen and oxygen atoms in total. The first-order chi connectivity index (χ1) is 10.7. The van der Waals surface area contributed by atoms with Gasteiger partial charge in [0.2, 0.25) is 0 Å². The van der Waals surface area contributed by atoms with Gasteiger partial charge in [-0.15, -0.1) is 0 Å². The molecule has 0 radical (unpaired) electrons. The lowest BCUT2D eigenvalue weighted by atomic mass is 9.89. The first-order valence-electron chi connectivity index (χ1n) is 8.32. The number of hydrogen-bond acceptors (Lipinski definition) is 4. The first-order valence-corrected chi connectivity index (χ1v) is 10.4. The Bertz CT molecular complexity index is 633. The Morgan fingerprint density at radius 3 is 2.65 bits per heavy atom. The van der Waals surface area contributed by atoms with E-state index in [2.05, 4.69) is 19.2 Å². The molecule has 2 rings (SSSR count). The van der Waals surface area contributed by atoms with Crippen LogP contribution < -0.4 is 5.32 Å². The van der Waals surface area contributed by atoms with Crippen molar-refractivity contribution in [2.24, 2.45) is 11.8 Å². The van der Waals surface area contributed by atoms with Crippen LogP contribution in [0.4, 0.5) is 0 Å². The molecule has 1 aliphatic carbocycles. The summed E-state index contributed by atoms with van der Waals surface area (Å²) in [5, 5.41) is 3.03. The molecule has 1 aromatic heterocycles. The van der Waals surface area contributed by atoms with Crippen LogP contribution in [0.5, 0.6) is 0 Å². The standard InChI is InChI=1S/C17H27NO4S/c1-12(2)13-5-4-6-14(8-7-13)18-17(19)16-10-9-15(22-16)11-23(3,20)21/h9-10,12-14H,4-8,11H2,1-3H3,(H,18,19)/t13-,14-/m1/s1. The van der Waals surface area contributed by atoms with Crippen LogP contribution in [0.15, 0.2) is 16.5 Å². The molecular formula is C17H27NO4S. The summed E-state index contributed by atoms with van der Waals surface area (Å²) in [5.41, 5.74) is 0. The maximum atomic E-state index is 12.3. The highest BCUT2D eigenvalue weighted by atomic mass is 32.2. The number of carbonyl (C=O) groups is 1. The van der Waals surface area contributed by atoms with Crippen LogP contribution >= 0.6 is 0 Å². The highest BCUT2D eigenvalue weighted by Gasteiger charge is 2.23. The number of nitrogens with one attached hydrogen (secondary N) is 1. The van der Waals surface area contributed by atoms with Gasteiger partial charge in [0.05, 0.1) is 0 Å². The molecule has 1 N–H and O–H groups in total. The fraction of sp³-hybridized carbons (Fsp3) is 0.706. The second-order valence-corrected chi connectivity index (χ2v) is 9.16. The largest absolute Gasteiger partial charge is 0.455 e. The van der Waals surface area contributed by atoms with Crippen LogP contribution in [-0.2, 0) is 15.6 Å². The number of hydrogen-bond donors (Lipinski definition) is 1. The molecule has 0 unspecified atom stereocenters. The predicted molar refractivity (Wildman–Crippen MR) is 89.9 cm³/mol. The molecule has 0 bridgehead atoms. The van der Waals surface area contributed by atoms with Gasteiger partial charge in [-0.1, -0.05) is 26.7 Å². The third kappa shape index (κ3) is 5.68. The van der Waals surface area contributed by atoms with E-state index in [1.807, 2.05) is 0 Å². The highest BCUT2D eigenvalue weighted by Crippen LogP contribution is 2.29. The topological polar surface area (TPSA) is 76.4 Å². The predicted octanol–water partition coefficient (Wildman–Crippen LogP) is 3.16. The fourth-order valence-electron chi connectivity index (χ4n) is 3.23. The minimum Gasteiger partial charge on any atom is -0.455 e. The Morgan fingerprint density at radius 1 is 1.26 bits per heavy atom. The van der Waals surface area contributed by atoms with E-state index >= 15 is 0 Å². The normalized spacial score (nSPS) is 22.8. The summed E-state index contributed by atoms with van der Waals surface area (Å²) in [6, 6.07) is 3.27. The smallest absolute Gasteiger partial charge is 0.287 e. The molecule has 0 aromatic carbocycles. The summed E-state index contributed by atoms with van der Waals surface area (Å²) in [6.07, 6.45) is 6.62. The van der Waals surface area contributed by atoms with Gasteiger partial charge in [-0.05, 0) is 43.2 Å². The Hall–Kier alpha value is -1.30. The van der Waals surface area contributed by atoms with E-state index in [1.54, 1.807) is 12.1 Å². The Kier molecular flexibility index (Phi) is 5.89. The van der Waals surface area contributed by atoms with E-state index in [0.717, 1.165) is 37.9 Å². The van der Waals surface area contributed by atoms with Crippen LogP contribution in [0.2, 0.25) is 0 Å². The number of carbonyl (C=O) groups excluding carboxylic acids is 1. The fourth-order valence-corrected chi connectivity index (χ4v) is 3.91. The van der Waals surface area contributed by atoms with Crippen LogP contribution in [-0.4, -0.2) is 26.6 Å². The lowest BCUT2D eigenvalue weighted by Crippen LogP contribution is -2.34. The van der Waals surface area contributed by atoms with Crippen molar-refractivity contribution in [2.45, 2.75) is 57.7 Å². The second-order valence-electron chi connectivity index (χ2n) is 7.02. The minimum atomic E-state index is -3.16. The van der Waals surface area contributed by atoms with Gasteiger partial charge in [0.15, 0.2) is 15.6 Å². The van der Waals surface area contributed by atoms with Crippen LogP contribution in [0.3, 0.4) is 0 Å². The first kappa shape index (κ1) is 18.0. The van der Waals surface area contributed by atoms with Crippen molar-refractivity contribution in [3.63, 3.8) is 0 Å². The number of sulfone groups is 1. The summed E-state index contributed by atoms with van der Waals surface area (Å²) >= 11 is 0. The van der Waals surface area contributed by atoms with Gasteiger partial charge < -0.3 is 9.73 Å². The zero-order valence-corrected chi connectivity index (χ0v) is 15.0. The van der Waals surface area contributed by atoms with Gasteiger partial charge in [0.25, 0.3) is 5.91 Å². The van der Waals surface area contributed by atoms with E-state index in [0.29, 0.717) is 11.7 Å². The average molecular weight is 341 g/mol. The molecule has 1 saturated carbocycles. The van der Waals surface area contributed by atoms with Crippen molar-refractivity contribution >= 4 is 15.7 Å². The van der Waals surface area contributed by atoms with E-state index in [4.69, 9.17) is 4.42 Å². The SMILES string of the molecule is CC(C)[C@@H]1CCC[C@@H](NC(=O)c2ccc(CS(C)(=O)=O)o2)CC1. The number of furan rings is 1. The summed E-state index contributed by atoms with van der Waals surface area (Å²) in [4.78, 5) is 12.3. The lowest BCUT2D eigenvalue weighted by molar-refractivity contribution is 0.0903. The molecule has 23 heavy (non-hydrogen) atoms. The van der Waals surface area contributed by atoms with Crippen LogP contribution in [0.1, 0.15) is 62.3 Å².